The van der Waals surface area contributed by atoms with Gasteiger partial charge in [0, 0.05) is 19.5 Å². The molecule has 15 heteroatoms. The molecule has 2 heterocycles. The van der Waals surface area contributed by atoms with Crippen LogP contribution in [0.25, 0.3) is 0 Å². The van der Waals surface area contributed by atoms with Crippen molar-refractivity contribution in [3.63, 3.8) is 0 Å². The van der Waals surface area contributed by atoms with E-state index >= 15 is 0 Å². The smallest absolute Gasteiger partial charge is 0.465 e. The molecule has 3 N–H and O–H groups in total. The molecule has 0 aromatic heterocycles. The molecule has 2 aliphatic rings. The molecular formula is C29H36F3N3O8S. The molecule has 6 atom stereocenters. The summed E-state index contributed by atoms with van der Waals surface area (Å²) in [4.78, 5) is 25.6. The Kier molecular flexibility index (Phi) is 9.14. The Morgan fingerprint density at radius 1 is 1.16 bits per heavy atom. The minimum Gasteiger partial charge on any atom is -0.465 e. The van der Waals surface area contributed by atoms with E-state index in [1.165, 1.54) is 50.2 Å². The van der Waals surface area contributed by atoms with Crippen LogP contribution in [0.1, 0.15) is 29.9 Å². The number of benzene rings is 2. The number of alkyl halides is 3. The number of esters is 1. The van der Waals surface area contributed by atoms with Crippen LogP contribution < -0.4 is 5.73 Å². The number of carbonyl (C=O) groups is 2. The van der Waals surface area contributed by atoms with Crippen LogP contribution in [0.15, 0.2) is 59.5 Å². The monoisotopic (exact) mass is 646 g/mol. The highest BCUT2D eigenvalue weighted by Crippen LogP contribution is 2.37. The molecule has 2 aliphatic heterocycles. The summed E-state index contributed by atoms with van der Waals surface area (Å²) in [5.41, 5.74) is 5.99. The molecule has 0 spiro atoms. The molecule has 0 saturated carbocycles. The second-order valence-corrected chi connectivity index (χ2v) is 12.7. The van der Waals surface area contributed by atoms with E-state index < -0.39 is 95.5 Å². The molecule has 44 heavy (non-hydrogen) atoms. The normalized spacial score (nSPS) is 24.8. The van der Waals surface area contributed by atoms with Crippen LogP contribution in [0.4, 0.5) is 23.7 Å². The number of ether oxygens (including phenoxy) is 3. The first kappa shape index (κ1) is 29.3. The first-order valence-electron chi connectivity index (χ1n) is 15.3. The maximum Gasteiger partial charge on any atom is 0.490 e. The number of carboxylic acid groups (broad SMARTS) is 1. The van der Waals surface area contributed by atoms with Gasteiger partial charge < -0.3 is 25.1 Å². The summed E-state index contributed by atoms with van der Waals surface area (Å²) in [7, 11) is -4.88. The van der Waals surface area contributed by atoms with Crippen LogP contribution in [0.2, 0.25) is 0 Å². The largest absolute Gasteiger partial charge is 0.490 e. The Bertz CT molecular complexity index is 1540. The molecule has 1 unspecified atom stereocenters. The summed E-state index contributed by atoms with van der Waals surface area (Å²) in [5, 5.41) is 10.6. The third-order valence-corrected chi connectivity index (χ3v) is 8.80. The number of anilines is 1. The molecule has 11 nitrogen and oxygen atoms in total. The highest BCUT2D eigenvalue weighted by atomic mass is 32.2. The number of nitrogen functional groups attached to an aromatic ring is 1. The van der Waals surface area contributed by atoms with Gasteiger partial charge in [0.15, 0.2) is 6.29 Å². The molecule has 2 aromatic rings. The second-order valence-electron chi connectivity index (χ2n) is 10.8. The van der Waals surface area contributed by atoms with Crippen molar-refractivity contribution in [3.8, 4) is 0 Å². The summed E-state index contributed by atoms with van der Waals surface area (Å²) in [6, 6.07) is 7.37. The van der Waals surface area contributed by atoms with Crippen molar-refractivity contribution in [1.82, 2.24) is 9.21 Å². The Hall–Kier alpha value is -3.40. The van der Waals surface area contributed by atoms with Crippen LogP contribution >= 0.6 is 0 Å². The summed E-state index contributed by atoms with van der Waals surface area (Å²) in [6.07, 6.45) is -13.1. The zero-order chi connectivity index (χ0) is 34.9. The van der Waals surface area contributed by atoms with Gasteiger partial charge in [-0.15, -0.1) is 0 Å². The molecular weight excluding hydrogens is 607 g/mol. The first-order chi connectivity index (χ1) is 21.8. The van der Waals surface area contributed by atoms with E-state index in [4.69, 9.17) is 19.9 Å². The third kappa shape index (κ3) is 7.81. The second kappa shape index (κ2) is 13.7. The Balaban J connectivity index is 1.99. The van der Waals surface area contributed by atoms with Crippen LogP contribution in [0.3, 0.4) is 0 Å². The van der Waals surface area contributed by atoms with Gasteiger partial charge >= 0.3 is 18.2 Å². The van der Waals surface area contributed by atoms with Crippen molar-refractivity contribution < 1.29 is 54.6 Å². The first-order valence-corrected chi connectivity index (χ1v) is 15.2. The van der Waals surface area contributed by atoms with E-state index in [0.717, 1.165) is 12.1 Å². The van der Waals surface area contributed by atoms with Crippen molar-refractivity contribution in [2.24, 2.45) is 11.8 Å². The number of hydrogen-bond acceptors (Lipinski definition) is 8. The van der Waals surface area contributed by atoms with E-state index in [1.54, 1.807) is 6.07 Å². The highest BCUT2D eigenvalue weighted by Gasteiger charge is 2.51. The maximum atomic E-state index is 14.0. The van der Waals surface area contributed by atoms with Crippen molar-refractivity contribution in [2.75, 3.05) is 32.0 Å². The number of nitrogens with zero attached hydrogens (tertiary/aromatic N) is 2. The molecule has 0 aliphatic carbocycles. The minimum absolute atomic E-state index is 0.121. The number of hydrogen-bond donors (Lipinski definition) is 2. The van der Waals surface area contributed by atoms with Gasteiger partial charge in [0.25, 0.3) is 0 Å². The molecule has 2 fully saturated rings. The predicted octanol–water partition coefficient (Wildman–Crippen LogP) is 3.74. The summed E-state index contributed by atoms with van der Waals surface area (Å²) < 4.78 is 114. The fourth-order valence-corrected chi connectivity index (χ4v) is 6.53. The van der Waals surface area contributed by atoms with Crippen LogP contribution in [-0.4, -0.2) is 91.7 Å². The van der Waals surface area contributed by atoms with E-state index in [0.29, 0.717) is 9.21 Å². The van der Waals surface area contributed by atoms with E-state index in [2.05, 4.69) is 0 Å². The lowest BCUT2D eigenvalue weighted by molar-refractivity contribution is -0.208. The molecule has 2 saturated heterocycles. The van der Waals surface area contributed by atoms with E-state index in [9.17, 15) is 40.4 Å². The van der Waals surface area contributed by atoms with Crippen molar-refractivity contribution >= 4 is 27.8 Å². The number of nitrogens with two attached hydrogens (primary N) is 1. The highest BCUT2D eigenvalue weighted by molar-refractivity contribution is 7.89. The van der Waals surface area contributed by atoms with Gasteiger partial charge in [-0.25, -0.2) is 18.0 Å². The Morgan fingerprint density at radius 2 is 1.82 bits per heavy atom. The number of halogens is 3. The lowest BCUT2D eigenvalue weighted by Crippen LogP contribution is -2.59. The van der Waals surface area contributed by atoms with Gasteiger partial charge in [-0.2, -0.15) is 17.5 Å². The summed E-state index contributed by atoms with van der Waals surface area (Å²) in [6.45, 7) is -0.611. The van der Waals surface area contributed by atoms with Gasteiger partial charge in [0.05, 0.1) is 39.4 Å². The molecule has 242 valence electrons. The fraction of sp³-hybridized carbons (Fsp3) is 0.517. The Morgan fingerprint density at radius 3 is 2.41 bits per heavy atom. The average molecular weight is 647 g/mol. The molecule has 2 aromatic carbocycles. The van der Waals surface area contributed by atoms with Crippen molar-refractivity contribution in [1.29, 1.82) is 0 Å². The predicted molar refractivity (Wildman–Crippen MR) is 152 cm³/mol. The van der Waals surface area contributed by atoms with Gasteiger partial charge in [0.2, 0.25) is 10.0 Å². The lowest BCUT2D eigenvalue weighted by atomic mass is 9.93. The van der Waals surface area contributed by atoms with Crippen LogP contribution in [-0.2, 0) is 35.4 Å². The molecule has 4 rings (SSSR count). The number of amides is 1. The van der Waals surface area contributed by atoms with Crippen molar-refractivity contribution in [3.05, 3.63) is 60.2 Å². The summed E-state index contributed by atoms with van der Waals surface area (Å²) in [5.74, 6) is -4.36. The SMILES string of the molecule is [2H][C@@H](N(CC(C)C)S(=O)(=O)c1ccc(N)cc1)[C@@]([2H])(OC(=O)C(F)(F)F)[C@]([2H])(Cc1ccccc1)N(C(=O)O)C1CO[C@H]2OCC[C@@H]12. The van der Waals surface area contributed by atoms with Crippen LogP contribution in [0, 0.1) is 11.8 Å². The standard InChI is InChI=1S/C29H36F3N3O8S/c1-18(2)15-34(44(39,40)21-10-8-20(33)9-11-21)16-25(43-27(36)29(30,31)32)23(14-19-6-4-3-5-7-19)35(28(37)38)24-17-42-26-22(24)12-13-41-26/h3-11,18,22-26H,12-17,33H2,1-2H3,(H,37,38)/t22-,23-,24?,25+,26+/m0/s1/i16D,23D,25D/t16-,22+,23+,24?,25-,26-/m1. The molecule has 0 bridgehead atoms. The molecule has 1 amide bonds. The lowest BCUT2D eigenvalue weighted by Gasteiger charge is -2.41. The van der Waals surface area contributed by atoms with Gasteiger partial charge in [-0.3, -0.25) is 4.90 Å². The number of carbonyl (C=O) groups excluding carboxylic acids is 1. The number of fused-ring (bicyclic) bond motifs is 1. The third-order valence-electron chi connectivity index (χ3n) is 7.06. The fourth-order valence-electron chi connectivity index (χ4n) is 5.05. The molecule has 0 radical (unpaired) electrons. The topological polar surface area (TPSA) is 149 Å². The zero-order valence-corrected chi connectivity index (χ0v) is 24.8. The summed E-state index contributed by atoms with van der Waals surface area (Å²) >= 11 is 0. The van der Waals surface area contributed by atoms with Gasteiger partial charge in [-0.1, -0.05) is 44.2 Å². The van der Waals surface area contributed by atoms with Gasteiger partial charge in [0.1, 0.15) is 6.08 Å². The van der Waals surface area contributed by atoms with Crippen LogP contribution in [0.5, 0.6) is 0 Å². The maximum absolute atomic E-state index is 14.0. The van der Waals surface area contributed by atoms with E-state index in [1.807, 2.05) is 0 Å². The van der Waals surface area contributed by atoms with E-state index in [-0.39, 0.29) is 24.3 Å². The quantitative estimate of drug-likeness (QED) is 0.260. The zero-order valence-electron chi connectivity index (χ0n) is 26.9. The number of rotatable bonds is 12. The van der Waals surface area contributed by atoms with Crippen molar-refractivity contribution in [2.45, 2.75) is 62.2 Å². The minimum atomic E-state index is -5.77. The Labute approximate surface area is 257 Å². The van der Waals surface area contributed by atoms with Gasteiger partial charge in [-0.05, 0) is 48.6 Å². The number of sulfonamides is 1. The average Bonchev–Trinajstić information content (AvgIpc) is 3.60.